The van der Waals surface area contributed by atoms with Gasteiger partial charge in [-0.3, -0.25) is 9.11 Å². The zero-order valence-electron chi connectivity index (χ0n) is 6.39. The third kappa shape index (κ3) is 15.1. The fourth-order valence-electron chi connectivity index (χ4n) is 0.222. The Morgan fingerprint density at radius 3 is 1.00 bits per heavy atom. The van der Waals surface area contributed by atoms with Crippen LogP contribution >= 0.6 is 0 Å². The van der Waals surface area contributed by atoms with Gasteiger partial charge >= 0.3 is 31.2 Å². The summed E-state index contributed by atoms with van der Waals surface area (Å²) in [5, 5.41) is 0. The summed E-state index contributed by atoms with van der Waals surface area (Å²) >= 11 is 0. The zero-order chi connectivity index (χ0) is 10.9. The standard InChI is InChI=1S/H2O10S3.2Ti/c1-11(2,3)9-13(7,8)10-12(4,5)6;;/h(H,1,2,3)(H,4,5,6);;. The molecule has 10 nitrogen and oxygen atoms in total. The molecule has 15 heavy (non-hydrogen) atoms. The second-order valence-electron chi connectivity index (χ2n) is 1.40. The van der Waals surface area contributed by atoms with Gasteiger partial charge < -0.3 is 0 Å². The van der Waals surface area contributed by atoms with E-state index in [-0.39, 0.29) is 43.4 Å². The molecular formula is H2O10S3Ti2. The predicted octanol–water partition coefficient (Wildman–Crippen LogP) is -2.13. The van der Waals surface area contributed by atoms with Gasteiger partial charge in [0.15, 0.2) is 0 Å². The summed E-state index contributed by atoms with van der Waals surface area (Å²) in [5.74, 6) is 0. The molecule has 0 saturated heterocycles. The van der Waals surface area contributed by atoms with E-state index in [1.165, 1.54) is 0 Å². The summed E-state index contributed by atoms with van der Waals surface area (Å²) in [6.45, 7) is 0. The molecule has 0 aliphatic heterocycles. The first kappa shape index (κ1) is 21.4. The van der Waals surface area contributed by atoms with Gasteiger partial charge in [-0.15, -0.1) is 0 Å². The van der Waals surface area contributed by atoms with Crippen molar-refractivity contribution in [2.24, 2.45) is 0 Å². The van der Waals surface area contributed by atoms with E-state index in [0.717, 1.165) is 0 Å². The smallest absolute Gasteiger partial charge is 0.263 e. The van der Waals surface area contributed by atoms with Crippen molar-refractivity contribution >= 4 is 31.2 Å². The van der Waals surface area contributed by atoms with Crippen LogP contribution in [-0.2, 0) is 81.9 Å². The Labute approximate surface area is 115 Å². The molecule has 2 N–H and O–H groups in total. The van der Waals surface area contributed by atoms with Crippen molar-refractivity contribution in [3.05, 3.63) is 0 Å². The topological polar surface area (TPSA) is 161 Å². The van der Waals surface area contributed by atoms with Crippen molar-refractivity contribution in [3.8, 4) is 0 Å². The SMILES string of the molecule is O=S(=O)(O)OS(=O)(=O)OS(=O)(=O)O.[Ti].[Ti]. The van der Waals surface area contributed by atoms with Gasteiger partial charge in [-0.1, -0.05) is 7.26 Å². The third-order valence-corrected chi connectivity index (χ3v) is 3.05. The molecule has 0 aromatic carbocycles. The van der Waals surface area contributed by atoms with Gasteiger partial charge in [0, 0.05) is 43.4 Å². The molecule has 0 heterocycles. The van der Waals surface area contributed by atoms with Crippen LogP contribution in [0.1, 0.15) is 0 Å². The molecule has 0 spiro atoms. The Morgan fingerprint density at radius 2 is 0.867 bits per heavy atom. The molecule has 0 rings (SSSR count). The molecule has 0 bridgehead atoms. The second kappa shape index (κ2) is 6.76. The summed E-state index contributed by atoms with van der Waals surface area (Å²) in [7, 11) is -16.5. The van der Waals surface area contributed by atoms with Crippen LogP contribution in [0.4, 0.5) is 0 Å². The van der Waals surface area contributed by atoms with E-state index in [9.17, 15) is 25.3 Å². The van der Waals surface area contributed by atoms with Gasteiger partial charge in [0.05, 0.1) is 0 Å². The second-order valence-corrected chi connectivity index (χ2v) is 5.02. The molecule has 0 unspecified atom stereocenters. The molecule has 0 amide bonds. The van der Waals surface area contributed by atoms with E-state index in [4.69, 9.17) is 9.11 Å². The minimum absolute atomic E-state index is 0. The molecule has 0 radical (unpaired) electrons. The van der Waals surface area contributed by atoms with Crippen LogP contribution < -0.4 is 0 Å². The summed E-state index contributed by atoms with van der Waals surface area (Å²) in [6, 6.07) is 0. The van der Waals surface area contributed by atoms with Crippen molar-refractivity contribution in [1.29, 1.82) is 0 Å². The van der Waals surface area contributed by atoms with Crippen molar-refractivity contribution in [2.75, 3.05) is 0 Å². The molecule has 0 aromatic heterocycles. The maximum Gasteiger partial charge on any atom is 0.432 e. The van der Waals surface area contributed by atoms with Gasteiger partial charge in [-0.05, 0) is 0 Å². The first-order chi connectivity index (χ1) is 5.41. The van der Waals surface area contributed by atoms with Crippen LogP contribution in [0.5, 0.6) is 0 Å². The average molecular weight is 354 g/mol. The average Bonchev–Trinajstić information content (AvgIpc) is 1.43. The Balaban J connectivity index is -0.000000720. The van der Waals surface area contributed by atoms with Crippen LogP contribution in [0, 0.1) is 0 Å². The first-order valence-corrected chi connectivity index (χ1v) is 6.10. The molecule has 0 saturated carbocycles. The maximum atomic E-state index is 10.1. The summed E-state index contributed by atoms with van der Waals surface area (Å²) < 4.78 is 80.2. The van der Waals surface area contributed by atoms with Gasteiger partial charge in [-0.2, -0.15) is 25.3 Å². The monoisotopic (exact) mass is 354 g/mol. The molecule has 0 aliphatic carbocycles. The quantitative estimate of drug-likeness (QED) is 0.421. The van der Waals surface area contributed by atoms with E-state index in [2.05, 4.69) is 7.26 Å². The van der Waals surface area contributed by atoms with Crippen LogP contribution in [-0.4, -0.2) is 34.4 Å². The van der Waals surface area contributed by atoms with Crippen LogP contribution in [0.25, 0.3) is 0 Å². The van der Waals surface area contributed by atoms with Crippen molar-refractivity contribution in [2.45, 2.75) is 0 Å². The van der Waals surface area contributed by atoms with E-state index in [1.54, 1.807) is 0 Å². The van der Waals surface area contributed by atoms with Gasteiger partial charge in [0.2, 0.25) is 0 Å². The Bertz CT molecular complexity index is 423. The Hall–Kier alpha value is 1.12. The summed E-state index contributed by atoms with van der Waals surface area (Å²) in [4.78, 5) is 0. The Kier molecular flexibility index (Phi) is 9.64. The van der Waals surface area contributed by atoms with E-state index >= 15 is 0 Å². The molecule has 0 aromatic rings. The molecule has 0 atom stereocenters. The first-order valence-electron chi connectivity index (χ1n) is 2.03. The molecular weight excluding hydrogens is 352 g/mol. The molecule has 0 aliphatic rings. The van der Waals surface area contributed by atoms with Crippen LogP contribution in [0.2, 0.25) is 0 Å². The van der Waals surface area contributed by atoms with Crippen LogP contribution in [0.3, 0.4) is 0 Å². The van der Waals surface area contributed by atoms with Gasteiger partial charge in [0.1, 0.15) is 0 Å². The van der Waals surface area contributed by atoms with Crippen molar-refractivity contribution < 1.29 is 85.1 Å². The summed E-state index contributed by atoms with van der Waals surface area (Å²) in [6.07, 6.45) is 0. The number of hydrogen-bond donors (Lipinski definition) is 2. The van der Waals surface area contributed by atoms with E-state index in [0.29, 0.717) is 0 Å². The van der Waals surface area contributed by atoms with Gasteiger partial charge in [-0.25, -0.2) is 0 Å². The summed E-state index contributed by atoms with van der Waals surface area (Å²) in [5.41, 5.74) is 0. The van der Waals surface area contributed by atoms with E-state index < -0.39 is 31.2 Å². The third-order valence-electron chi connectivity index (χ3n) is 0.339. The van der Waals surface area contributed by atoms with Crippen molar-refractivity contribution in [3.63, 3.8) is 0 Å². The largest absolute Gasteiger partial charge is 0.432 e. The predicted molar refractivity (Wildman–Crippen MR) is 34.2 cm³/mol. The number of hydrogen-bond acceptors (Lipinski definition) is 8. The zero-order valence-corrected chi connectivity index (χ0v) is 12.0. The minimum atomic E-state index is -5.57. The minimum Gasteiger partial charge on any atom is -0.263 e. The fourth-order valence-corrected chi connectivity index (χ4v) is 2.20. The molecule has 0 fully saturated rings. The normalized spacial score (nSPS) is 12.4. The van der Waals surface area contributed by atoms with Gasteiger partial charge in [0.25, 0.3) is 0 Å². The van der Waals surface area contributed by atoms with Crippen molar-refractivity contribution in [1.82, 2.24) is 0 Å². The maximum absolute atomic E-state index is 10.1. The van der Waals surface area contributed by atoms with Crippen LogP contribution in [0.15, 0.2) is 0 Å². The molecule has 88 valence electrons. The number of rotatable bonds is 4. The fraction of sp³-hybridized carbons (Fsp3) is 0. The Morgan fingerprint density at radius 1 is 0.667 bits per heavy atom. The van der Waals surface area contributed by atoms with E-state index in [1.807, 2.05) is 0 Å². The molecule has 15 heteroatoms.